The predicted octanol–water partition coefficient (Wildman–Crippen LogP) is 3.89. The molecule has 2 aromatic carbocycles. The maximum atomic E-state index is 11.9. The number of hydrogen-bond donors (Lipinski definition) is 1. The second-order valence-electron chi connectivity index (χ2n) is 4.60. The molecule has 0 aliphatic carbocycles. The third-order valence-electron chi connectivity index (χ3n) is 2.85. The summed E-state index contributed by atoms with van der Waals surface area (Å²) in [5.41, 5.74) is 3.71. The first-order valence-corrected chi connectivity index (χ1v) is 7.39. The van der Waals surface area contributed by atoms with Gasteiger partial charge in [-0.15, -0.1) is 0 Å². The van der Waals surface area contributed by atoms with Crippen LogP contribution in [-0.2, 0) is 0 Å². The summed E-state index contributed by atoms with van der Waals surface area (Å²) in [5.74, 6) is 0.476. The molecule has 0 heterocycles. The molecule has 2 rings (SSSR count). The van der Waals surface area contributed by atoms with Crippen LogP contribution in [0.15, 0.2) is 53.6 Å². The van der Waals surface area contributed by atoms with Crippen molar-refractivity contribution in [1.82, 2.24) is 5.43 Å². The number of benzene rings is 2. The SMILES string of the molecule is CCCOc1ccc(C=NNC(=O)c2ccccc2Cl)cc1. The first kappa shape index (κ1) is 16.0. The van der Waals surface area contributed by atoms with Gasteiger partial charge in [0.15, 0.2) is 0 Å². The lowest BCUT2D eigenvalue weighted by Crippen LogP contribution is -2.17. The van der Waals surface area contributed by atoms with Gasteiger partial charge in [0, 0.05) is 0 Å². The van der Waals surface area contributed by atoms with Crippen molar-refractivity contribution in [2.24, 2.45) is 5.10 Å². The van der Waals surface area contributed by atoms with Gasteiger partial charge in [0.25, 0.3) is 5.91 Å². The maximum absolute atomic E-state index is 11.9. The average molecular weight is 317 g/mol. The monoisotopic (exact) mass is 316 g/mol. The number of nitrogens with one attached hydrogen (secondary N) is 1. The summed E-state index contributed by atoms with van der Waals surface area (Å²) in [6, 6.07) is 14.3. The number of hydrogen-bond acceptors (Lipinski definition) is 3. The van der Waals surface area contributed by atoms with Crippen LogP contribution < -0.4 is 10.2 Å². The highest BCUT2D eigenvalue weighted by Gasteiger charge is 2.07. The van der Waals surface area contributed by atoms with E-state index in [9.17, 15) is 4.79 Å². The number of nitrogens with zero attached hydrogens (tertiary/aromatic N) is 1. The molecule has 0 saturated carbocycles. The summed E-state index contributed by atoms with van der Waals surface area (Å²) in [5, 5.41) is 4.32. The van der Waals surface area contributed by atoms with Gasteiger partial charge in [0.05, 0.1) is 23.4 Å². The topological polar surface area (TPSA) is 50.7 Å². The van der Waals surface area contributed by atoms with E-state index in [2.05, 4.69) is 17.5 Å². The van der Waals surface area contributed by atoms with Crippen molar-refractivity contribution >= 4 is 23.7 Å². The molecule has 5 heteroatoms. The Hall–Kier alpha value is -2.33. The zero-order valence-corrected chi connectivity index (χ0v) is 13.0. The fourth-order valence-electron chi connectivity index (χ4n) is 1.74. The van der Waals surface area contributed by atoms with E-state index in [0.717, 1.165) is 17.7 Å². The van der Waals surface area contributed by atoms with Crippen LogP contribution in [-0.4, -0.2) is 18.7 Å². The van der Waals surface area contributed by atoms with Gasteiger partial charge in [0.2, 0.25) is 0 Å². The molecule has 4 nitrogen and oxygen atoms in total. The van der Waals surface area contributed by atoms with Gasteiger partial charge in [0.1, 0.15) is 5.75 Å². The molecule has 22 heavy (non-hydrogen) atoms. The quantitative estimate of drug-likeness (QED) is 0.649. The lowest BCUT2D eigenvalue weighted by molar-refractivity contribution is 0.0955. The van der Waals surface area contributed by atoms with Crippen molar-refractivity contribution in [3.05, 3.63) is 64.7 Å². The zero-order chi connectivity index (χ0) is 15.8. The van der Waals surface area contributed by atoms with E-state index >= 15 is 0 Å². The van der Waals surface area contributed by atoms with Gasteiger partial charge in [-0.1, -0.05) is 30.7 Å². The van der Waals surface area contributed by atoms with E-state index < -0.39 is 0 Å². The van der Waals surface area contributed by atoms with Gasteiger partial charge >= 0.3 is 0 Å². The van der Waals surface area contributed by atoms with Crippen molar-refractivity contribution in [1.29, 1.82) is 0 Å². The van der Waals surface area contributed by atoms with E-state index in [0.29, 0.717) is 17.2 Å². The van der Waals surface area contributed by atoms with Crippen LogP contribution in [0.1, 0.15) is 29.3 Å². The van der Waals surface area contributed by atoms with Crippen LogP contribution in [0.5, 0.6) is 5.75 Å². The summed E-state index contributed by atoms with van der Waals surface area (Å²) in [6.45, 7) is 2.75. The van der Waals surface area contributed by atoms with Crippen LogP contribution in [0, 0.1) is 0 Å². The molecule has 1 N–H and O–H groups in total. The van der Waals surface area contributed by atoms with Gasteiger partial charge in [-0.25, -0.2) is 5.43 Å². The van der Waals surface area contributed by atoms with Gasteiger partial charge in [-0.3, -0.25) is 4.79 Å². The standard InChI is InChI=1S/C17H17ClN2O2/c1-2-11-22-14-9-7-13(8-10-14)12-19-20-17(21)15-5-3-4-6-16(15)18/h3-10,12H,2,11H2,1H3,(H,20,21). The molecule has 0 aliphatic rings. The van der Waals surface area contributed by atoms with Crippen molar-refractivity contribution in [2.45, 2.75) is 13.3 Å². The molecule has 1 amide bonds. The van der Waals surface area contributed by atoms with Gasteiger partial charge in [-0.05, 0) is 48.4 Å². The molecule has 0 spiro atoms. The van der Waals surface area contributed by atoms with Crippen LogP contribution in [0.3, 0.4) is 0 Å². The Labute approximate surface area is 134 Å². The molecular formula is C17H17ClN2O2. The largest absolute Gasteiger partial charge is 0.494 e. The number of halogens is 1. The molecular weight excluding hydrogens is 300 g/mol. The first-order chi connectivity index (χ1) is 10.7. The molecule has 0 aromatic heterocycles. The van der Waals surface area contributed by atoms with E-state index in [4.69, 9.17) is 16.3 Å². The Bertz CT molecular complexity index is 654. The first-order valence-electron chi connectivity index (χ1n) is 7.01. The molecule has 0 aliphatic heterocycles. The summed E-state index contributed by atoms with van der Waals surface area (Å²) in [7, 11) is 0. The van der Waals surface area contributed by atoms with E-state index in [1.165, 1.54) is 0 Å². The van der Waals surface area contributed by atoms with Gasteiger partial charge in [-0.2, -0.15) is 5.10 Å². The van der Waals surface area contributed by atoms with E-state index in [1.807, 2.05) is 24.3 Å². The summed E-state index contributed by atoms with van der Waals surface area (Å²) >= 11 is 5.95. The number of carbonyl (C=O) groups is 1. The third-order valence-corrected chi connectivity index (χ3v) is 3.18. The smallest absolute Gasteiger partial charge is 0.272 e. The fraction of sp³-hybridized carbons (Fsp3) is 0.176. The highest BCUT2D eigenvalue weighted by Crippen LogP contribution is 2.14. The van der Waals surface area contributed by atoms with Crippen molar-refractivity contribution in [2.75, 3.05) is 6.61 Å². The molecule has 0 unspecified atom stereocenters. The van der Waals surface area contributed by atoms with Crippen molar-refractivity contribution in [3.63, 3.8) is 0 Å². The Morgan fingerprint density at radius 1 is 1.23 bits per heavy atom. The Kier molecular flexibility index (Phi) is 5.98. The lowest BCUT2D eigenvalue weighted by atomic mass is 10.2. The number of carbonyl (C=O) groups excluding carboxylic acids is 1. The van der Waals surface area contributed by atoms with Crippen molar-refractivity contribution < 1.29 is 9.53 Å². The molecule has 0 fully saturated rings. The molecule has 0 bridgehead atoms. The molecule has 0 radical (unpaired) electrons. The number of ether oxygens (including phenoxy) is 1. The minimum Gasteiger partial charge on any atom is -0.494 e. The average Bonchev–Trinajstić information content (AvgIpc) is 2.54. The third kappa shape index (κ3) is 4.60. The molecule has 114 valence electrons. The summed E-state index contributed by atoms with van der Waals surface area (Å²) in [4.78, 5) is 11.9. The number of rotatable bonds is 6. The van der Waals surface area contributed by atoms with Crippen LogP contribution >= 0.6 is 11.6 Å². The molecule has 0 saturated heterocycles. The lowest BCUT2D eigenvalue weighted by Gasteiger charge is -2.04. The van der Waals surface area contributed by atoms with Gasteiger partial charge < -0.3 is 4.74 Å². The van der Waals surface area contributed by atoms with Crippen molar-refractivity contribution in [3.8, 4) is 5.75 Å². The predicted molar refractivity (Wildman–Crippen MR) is 88.7 cm³/mol. The zero-order valence-electron chi connectivity index (χ0n) is 12.3. The van der Waals surface area contributed by atoms with Crippen LogP contribution in [0.2, 0.25) is 5.02 Å². The summed E-state index contributed by atoms with van der Waals surface area (Å²) < 4.78 is 5.49. The minimum atomic E-state index is -0.343. The minimum absolute atomic E-state index is 0.343. The molecule has 2 aromatic rings. The second-order valence-corrected chi connectivity index (χ2v) is 5.00. The highest BCUT2D eigenvalue weighted by atomic mass is 35.5. The molecule has 0 atom stereocenters. The Morgan fingerprint density at radius 3 is 2.64 bits per heavy atom. The maximum Gasteiger partial charge on any atom is 0.272 e. The van der Waals surface area contributed by atoms with E-state index in [1.54, 1.807) is 30.5 Å². The highest BCUT2D eigenvalue weighted by molar-refractivity contribution is 6.33. The summed E-state index contributed by atoms with van der Waals surface area (Å²) in [6.07, 6.45) is 2.54. The fourth-order valence-corrected chi connectivity index (χ4v) is 1.96. The van der Waals surface area contributed by atoms with Crippen LogP contribution in [0.25, 0.3) is 0 Å². The van der Waals surface area contributed by atoms with Crippen LogP contribution in [0.4, 0.5) is 0 Å². The van der Waals surface area contributed by atoms with E-state index in [-0.39, 0.29) is 5.91 Å². The number of amides is 1. The Balaban J connectivity index is 1.92. The normalized spacial score (nSPS) is 10.6. The Morgan fingerprint density at radius 2 is 1.95 bits per heavy atom. The number of hydrazone groups is 1. The second kappa shape index (κ2) is 8.20.